The summed E-state index contributed by atoms with van der Waals surface area (Å²) in [6.45, 7) is 7.26. The summed E-state index contributed by atoms with van der Waals surface area (Å²) >= 11 is 0. The van der Waals surface area contributed by atoms with Crippen molar-refractivity contribution in [3.05, 3.63) is 66.8 Å². The highest BCUT2D eigenvalue weighted by molar-refractivity contribution is 5.50. The molecule has 0 spiro atoms. The van der Waals surface area contributed by atoms with E-state index in [0.717, 1.165) is 0 Å². The van der Waals surface area contributed by atoms with Crippen LogP contribution in [0.15, 0.2) is 61.2 Å². The molecule has 0 bridgehead atoms. The summed E-state index contributed by atoms with van der Waals surface area (Å²) in [5, 5.41) is 0. The molecular formula is C14H18. The Morgan fingerprint density at radius 2 is 1.57 bits per heavy atom. The van der Waals surface area contributed by atoms with Crippen molar-refractivity contribution in [2.75, 3.05) is 0 Å². The molecule has 0 heteroatoms. The van der Waals surface area contributed by atoms with Crippen molar-refractivity contribution in [3.8, 4) is 0 Å². The molecule has 0 saturated heterocycles. The van der Waals surface area contributed by atoms with Crippen molar-refractivity contribution >= 4 is 6.08 Å². The summed E-state index contributed by atoms with van der Waals surface area (Å²) in [7, 11) is 0. The normalized spacial score (nSPS) is 9.86. The maximum atomic E-state index is 3.36. The van der Waals surface area contributed by atoms with Crippen LogP contribution in [0.3, 0.4) is 0 Å². The van der Waals surface area contributed by atoms with Crippen LogP contribution in [0.25, 0.3) is 6.08 Å². The van der Waals surface area contributed by atoms with Crippen molar-refractivity contribution in [1.82, 2.24) is 0 Å². The largest absolute Gasteiger partial charge is 0.103 e. The first kappa shape index (κ1) is 12.4. The minimum absolute atomic E-state index is 1.24. The van der Waals surface area contributed by atoms with E-state index in [0.29, 0.717) is 0 Å². The number of benzene rings is 1. The van der Waals surface area contributed by atoms with Gasteiger partial charge in [0.15, 0.2) is 0 Å². The summed E-state index contributed by atoms with van der Waals surface area (Å²) in [5.74, 6) is 0. The third-order valence-electron chi connectivity index (χ3n) is 1.39. The number of rotatable bonds is 2. The van der Waals surface area contributed by atoms with Gasteiger partial charge in [0.1, 0.15) is 0 Å². The Hall–Kier alpha value is -1.56. The molecule has 0 N–H and O–H groups in total. The Kier molecular flexibility index (Phi) is 8.47. The Bertz CT molecular complexity index is 278. The maximum absolute atomic E-state index is 3.36. The zero-order valence-corrected chi connectivity index (χ0v) is 8.98. The van der Waals surface area contributed by atoms with Gasteiger partial charge in [-0.15, -0.1) is 6.58 Å². The first-order chi connectivity index (χ1) is 6.85. The van der Waals surface area contributed by atoms with Gasteiger partial charge in [-0.3, -0.25) is 0 Å². The van der Waals surface area contributed by atoms with Crippen molar-refractivity contribution in [2.45, 2.75) is 13.8 Å². The summed E-state index contributed by atoms with van der Waals surface area (Å²) < 4.78 is 0. The molecule has 0 radical (unpaired) electrons. The van der Waals surface area contributed by atoms with Gasteiger partial charge < -0.3 is 0 Å². The van der Waals surface area contributed by atoms with E-state index in [4.69, 9.17) is 0 Å². The molecule has 1 aromatic rings. The molecule has 0 nitrogen and oxygen atoms in total. The van der Waals surface area contributed by atoms with Crippen molar-refractivity contribution < 1.29 is 0 Å². The number of hydrogen-bond acceptors (Lipinski definition) is 0. The van der Waals surface area contributed by atoms with E-state index in [9.17, 15) is 0 Å². The summed E-state index contributed by atoms with van der Waals surface area (Å²) in [6, 6.07) is 10.3. The average Bonchev–Trinajstić information content (AvgIpc) is 2.21. The maximum Gasteiger partial charge on any atom is -0.0257 e. The van der Waals surface area contributed by atoms with Crippen LogP contribution in [0.1, 0.15) is 19.4 Å². The van der Waals surface area contributed by atoms with Crippen LogP contribution in [0, 0.1) is 0 Å². The molecule has 74 valence electrons. The lowest BCUT2D eigenvalue weighted by Crippen LogP contribution is -1.66. The molecule has 14 heavy (non-hydrogen) atoms. The van der Waals surface area contributed by atoms with E-state index >= 15 is 0 Å². The van der Waals surface area contributed by atoms with Crippen LogP contribution in [0.2, 0.25) is 0 Å². The van der Waals surface area contributed by atoms with Crippen molar-refractivity contribution in [1.29, 1.82) is 0 Å². The Morgan fingerprint density at radius 3 is 2.07 bits per heavy atom. The molecule has 0 amide bonds. The summed E-state index contributed by atoms with van der Waals surface area (Å²) in [4.78, 5) is 0. The lowest BCUT2D eigenvalue weighted by molar-refractivity contribution is 1.66. The van der Waals surface area contributed by atoms with E-state index in [-0.39, 0.29) is 0 Å². The van der Waals surface area contributed by atoms with Gasteiger partial charge in [-0.2, -0.15) is 0 Å². The van der Waals surface area contributed by atoms with Crippen molar-refractivity contribution in [3.63, 3.8) is 0 Å². The molecule has 1 rings (SSSR count). The quantitative estimate of drug-likeness (QED) is 0.472. The molecule has 1 aromatic carbocycles. The molecule has 0 saturated carbocycles. The van der Waals surface area contributed by atoms with Crippen LogP contribution in [-0.2, 0) is 0 Å². The van der Waals surface area contributed by atoms with E-state index in [1.807, 2.05) is 50.3 Å². The van der Waals surface area contributed by atoms with Gasteiger partial charge in [0.05, 0.1) is 0 Å². The molecule has 0 aliphatic rings. The van der Waals surface area contributed by atoms with Gasteiger partial charge in [0.25, 0.3) is 0 Å². The van der Waals surface area contributed by atoms with Gasteiger partial charge in [0, 0.05) is 0 Å². The monoisotopic (exact) mass is 186 g/mol. The zero-order chi connectivity index (χ0) is 10.6. The first-order valence-electron chi connectivity index (χ1n) is 4.76. The van der Waals surface area contributed by atoms with Crippen LogP contribution in [0.5, 0.6) is 0 Å². The molecule has 0 aliphatic carbocycles. The second kappa shape index (κ2) is 9.53. The molecule has 0 aliphatic heterocycles. The standard InChI is InChI=1S/C11H12.C3H6/c1-2-3-5-8-11-9-6-4-7-10-11;1-3-2/h2-10H,1H3;3H,1H2,2H3/b3-2-,8-5+;. The van der Waals surface area contributed by atoms with E-state index in [1.54, 1.807) is 6.08 Å². The van der Waals surface area contributed by atoms with Crippen LogP contribution in [-0.4, -0.2) is 0 Å². The smallest absolute Gasteiger partial charge is 0.0257 e. The lowest BCUT2D eigenvalue weighted by Gasteiger charge is -1.87. The fraction of sp³-hybridized carbons (Fsp3) is 0.143. The fourth-order valence-corrected chi connectivity index (χ4v) is 0.842. The third kappa shape index (κ3) is 7.11. The van der Waals surface area contributed by atoms with E-state index in [1.165, 1.54) is 5.56 Å². The molecule has 0 fully saturated rings. The van der Waals surface area contributed by atoms with E-state index in [2.05, 4.69) is 24.8 Å². The molecule has 0 heterocycles. The molecule has 0 unspecified atom stereocenters. The Balaban J connectivity index is 0.000000500. The van der Waals surface area contributed by atoms with Gasteiger partial charge in [0.2, 0.25) is 0 Å². The average molecular weight is 186 g/mol. The van der Waals surface area contributed by atoms with Crippen LogP contribution in [0.4, 0.5) is 0 Å². The summed E-state index contributed by atoms with van der Waals surface area (Å²) in [5.41, 5.74) is 1.24. The lowest BCUT2D eigenvalue weighted by atomic mass is 10.2. The van der Waals surface area contributed by atoms with E-state index < -0.39 is 0 Å². The highest BCUT2D eigenvalue weighted by atomic mass is 13.8. The molecular weight excluding hydrogens is 168 g/mol. The number of hydrogen-bond donors (Lipinski definition) is 0. The Labute approximate surface area is 87.3 Å². The zero-order valence-electron chi connectivity index (χ0n) is 8.98. The summed E-state index contributed by atoms with van der Waals surface area (Å²) in [6.07, 6.45) is 9.90. The highest BCUT2D eigenvalue weighted by Crippen LogP contribution is 2.00. The minimum Gasteiger partial charge on any atom is -0.103 e. The predicted molar refractivity (Wildman–Crippen MR) is 66.2 cm³/mol. The predicted octanol–water partition coefficient (Wildman–Crippen LogP) is 4.47. The molecule has 0 aromatic heterocycles. The second-order valence-electron chi connectivity index (χ2n) is 2.70. The number of allylic oxidation sites excluding steroid dienone is 4. The highest BCUT2D eigenvalue weighted by Gasteiger charge is 1.78. The SMILES string of the molecule is C/C=C\C=C\c1ccccc1.C=CC. The minimum atomic E-state index is 1.24. The van der Waals surface area contributed by atoms with Gasteiger partial charge in [-0.25, -0.2) is 0 Å². The molecule has 0 atom stereocenters. The Morgan fingerprint density at radius 1 is 1.00 bits per heavy atom. The third-order valence-corrected chi connectivity index (χ3v) is 1.39. The van der Waals surface area contributed by atoms with Crippen LogP contribution < -0.4 is 0 Å². The van der Waals surface area contributed by atoms with Gasteiger partial charge >= 0.3 is 0 Å². The van der Waals surface area contributed by atoms with Gasteiger partial charge in [-0.1, -0.05) is 60.7 Å². The van der Waals surface area contributed by atoms with Crippen molar-refractivity contribution in [2.24, 2.45) is 0 Å². The van der Waals surface area contributed by atoms with Gasteiger partial charge in [-0.05, 0) is 19.4 Å². The first-order valence-corrected chi connectivity index (χ1v) is 4.76. The van der Waals surface area contributed by atoms with Crippen LogP contribution >= 0.6 is 0 Å². The fourth-order valence-electron chi connectivity index (χ4n) is 0.842. The second-order valence-corrected chi connectivity index (χ2v) is 2.70. The topological polar surface area (TPSA) is 0 Å².